The molecule has 3 N–H and O–H groups in total. The summed E-state index contributed by atoms with van der Waals surface area (Å²) in [5.74, 6) is 0.893. The van der Waals surface area contributed by atoms with Crippen molar-refractivity contribution in [2.75, 3.05) is 20.2 Å². The monoisotopic (exact) mass is 228 g/mol. The van der Waals surface area contributed by atoms with Crippen LogP contribution in [0.15, 0.2) is 12.1 Å². The maximum Gasteiger partial charge on any atom is 0.126 e. The second-order valence-electron chi connectivity index (χ2n) is 3.38. The summed E-state index contributed by atoms with van der Waals surface area (Å²) in [5.41, 5.74) is 7.52. The summed E-state index contributed by atoms with van der Waals surface area (Å²) in [5, 5.41) is 3.95. The van der Waals surface area contributed by atoms with Crippen LogP contribution in [0.1, 0.15) is 11.1 Å². The molecule has 0 heterocycles. The van der Waals surface area contributed by atoms with Gasteiger partial charge in [0.1, 0.15) is 5.75 Å². The smallest absolute Gasteiger partial charge is 0.126 e. The highest BCUT2D eigenvalue weighted by molar-refractivity contribution is 6.30. The quantitative estimate of drug-likeness (QED) is 0.755. The number of aryl methyl sites for hydroxylation is 1. The van der Waals surface area contributed by atoms with Crippen molar-refractivity contribution in [2.24, 2.45) is 5.73 Å². The van der Waals surface area contributed by atoms with Gasteiger partial charge >= 0.3 is 0 Å². The molecule has 0 spiro atoms. The fourth-order valence-corrected chi connectivity index (χ4v) is 1.84. The zero-order valence-electron chi connectivity index (χ0n) is 9.14. The molecule has 1 rings (SSSR count). The lowest BCUT2D eigenvalue weighted by molar-refractivity contribution is 0.404. The van der Waals surface area contributed by atoms with Crippen LogP contribution in [0.4, 0.5) is 0 Å². The van der Waals surface area contributed by atoms with Crippen LogP contribution in [0, 0.1) is 6.92 Å². The Labute approximate surface area is 95.6 Å². The molecule has 84 valence electrons. The van der Waals surface area contributed by atoms with Gasteiger partial charge in [0.25, 0.3) is 0 Å². The lowest BCUT2D eigenvalue weighted by Gasteiger charge is -2.12. The summed E-state index contributed by atoms with van der Waals surface area (Å²) in [4.78, 5) is 0. The van der Waals surface area contributed by atoms with Crippen LogP contribution in [0.3, 0.4) is 0 Å². The van der Waals surface area contributed by atoms with E-state index in [2.05, 4.69) is 5.32 Å². The first-order valence-electron chi connectivity index (χ1n) is 4.92. The van der Waals surface area contributed by atoms with Gasteiger partial charge in [0.2, 0.25) is 0 Å². The first-order chi connectivity index (χ1) is 7.19. The maximum absolute atomic E-state index is 5.98. The van der Waals surface area contributed by atoms with Gasteiger partial charge < -0.3 is 15.8 Å². The predicted octanol–water partition coefficient (Wildman–Crippen LogP) is 1.71. The Morgan fingerprint density at radius 3 is 2.80 bits per heavy atom. The Bertz CT molecular complexity index is 329. The highest BCUT2D eigenvalue weighted by atomic mass is 35.5. The molecule has 0 fully saturated rings. The summed E-state index contributed by atoms with van der Waals surface area (Å²) in [7, 11) is 1.67. The average molecular weight is 229 g/mol. The molecule has 0 bridgehead atoms. The van der Waals surface area contributed by atoms with Crippen LogP contribution in [0.2, 0.25) is 5.02 Å². The van der Waals surface area contributed by atoms with Crippen LogP contribution < -0.4 is 15.8 Å². The molecule has 0 radical (unpaired) electrons. The normalized spacial score (nSPS) is 10.4. The lowest BCUT2D eigenvalue weighted by atomic mass is 10.1. The minimum atomic E-state index is 0.627. The summed E-state index contributed by atoms with van der Waals surface area (Å²) in [6.45, 7) is 4.12. The number of methoxy groups -OCH3 is 1. The van der Waals surface area contributed by atoms with Crippen molar-refractivity contribution < 1.29 is 4.74 Å². The molecule has 15 heavy (non-hydrogen) atoms. The molecule has 0 unspecified atom stereocenters. The molecule has 0 amide bonds. The SMILES string of the molecule is COc1c(C)cc(Cl)cc1CNCCN. The van der Waals surface area contributed by atoms with E-state index in [-0.39, 0.29) is 0 Å². The molecule has 1 aromatic carbocycles. The van der Waals surface area contributed by atoms with Gasteiger partial charge in [-0.25, -0.2) is 0 Å². The van der Waals surface area contributed by atoms with Crippen molar-refractivity contribution in [1.29, 1.82) is 0 Å². The molecular weight excluding hydrogens is 212 g/mol. The van der Waals surface area contributed by atoms with Crippen molar-refractivity contribution in [3.63, 3.8) is 0 Å². The molecule has 0 atom stereocenters. The molecule has 0 aromatic heterocycles. The number of nitrogens with one attached hydrogen (secondary N) is 1. The number of ether oxygens (including phenoxy) is 1. The number of hydrogen-bond acceptors (Lipinski definition) is 3. The van der Waals surface area contributed by atoms with Crippen LogP contribution in [-0.2, 0) is 6.54 Å². The number of benzene rings is 1. The van der Waals surface area contributed by atoms with Gasteiger partial charge in [0, 0.05) is 30.2 Å². The standard InChI is InChI=1S/C11H17ClN2O/c1-8-5-10(12)6-9(11(8)15-2)7-14-4-3-13/h5-6,14H,3-4,7,13H2,1-2H3. The molecule has 3 nitrogen and oxygen atoms in total. The summed E-state index contributed by atoms with van der Waals surface area (Å²) in [6.07, 6.45) is 0. The van der Waals surface area contributed by atoms with Gasteiger partial charge in [0.05, 0.1) is 7.11 Å². The molecule has 4 heteroatoms. The Balaban J connectivity index is 2.84. The fraction of sp³-hybridized carbons (Fsp3) is 0.455. The predicted molar refractivity (Wildman–Crippen MR) is 63.5 cm³/mol. The van der Waals surface area contributed by atoms with Gasteiger partial charge in [-0.15, -0.1) is 0 Å². The summed E-state index contributed by atoms with van der Waals surface area (Å²) >= 11 is 5.98. The third-order valence-electron chi connectivity index (χ3n) is 2.16. The third-order valence-corrected chi connectivity index (χ3v) is 2.38. The molecule has 0 aliphatic heterocycles. The first-order valence-corrected chi connectivity index (χ1v) is 5.30. The molecule has 0 aliphatic rings. The van der Waals surface area contributed by atoms with Gasteiger partial charge in [-0.2, -0.15) is 0 Å². The number of hydrogen-bond donors (Lipinski definition) is 2. The van der Waals surface area contributed by atoms with Crippen molar-refractivity contribution in [2.45, 2.75) is 13.5 Å². The lowest BCUT2D eigenvalue weighted by Crippen LogP contribution is -2.22. The Kier molecular flexibility index (Phi) is 4.88. The van der Waals surface area contributed by atoms with E-state index in [4.69, 9.17) is 22.1 Å². The Hall–Kier alpha value is -0.770. The van der Waals surface area contributed by atoms with E-state index >= 15 is 0 Å². The van der Waals surface area contributed by atoms with Crippen LogP contribution in [0.5, 0.6) is 5.75 Å². The van der Waals surface area contributed by atoms with Crippen LogP contribution >= 0.6 is 11.6 Å². The molecule has 0 saturated heterocycles. The van der Waals surface area contributed by atoms with Gasteiger partial charge in [0.15, 0.2) is 0 Å². The molecule has 1 aromatic rings. The van der Waals surface area contributed by atoms with E-state index in [1.54, 1.807) is 7.11 Å². The number of halogens is 1. The average Bonchev–Trinajstić information content (AvgIpc) is 2.17. The largest absolute Gasteiger partial charge is 0.496 e. The van der Waals surface area contributed by atoms with E-state index in [0.29, 0.717) is 6.54 Å². The van der Waals surface area contributed by atoms with E-state index in [1.165, 1.54) is 0 Å². The zero-order chi connectivity index (χ0) is 11.3. The highest BCUT2D eigenvalue weighted by Gasteiger charge is 2.07. The molecule has 0 saturated carbocycles. The summed E-state index contributed by atoms with van der Waals surface area (Å²) in [6, 6.07) is 3.81. The van der Waals surface area contributed by atoms with E-state index in [0.717, 1.165) is 35.0 Å². The topological polar surface area (TPSA) is 47.3 Å². The van der Waals surface area contributed by atoms with E-state index in [9.17, 15) is 0 Å². The first kappa shape index (κ1) is 12.3. The molecule has 0 aliphatic carbocycles. The van der Waals surface area contributed by atoms with E-state index < -0.39 is 0 Å². The second-order valence-corrected chi connectivity index (χ2v) is 3.82. The fourth-order valence-electron chi connectivity index (χ4n) is 1.55. The molecular formula is C11H17ClN2O. The minimum absolute atomic E-state index is 0.627. The van der Waals surface area contributed by atoms with E-state index in [1.807, 2.05) is 19.1 Å². The highest BCUT2D eigenvalue weighted by Crippen LogP contribution is 2.27. The Morgan fingerprint density at radius 2 is 2.20 bits per heavy atom. The van der Waals surface area contributed by atoms with Crippen molar-refractivity contribution in [3.8, 4) is 5.75 Å². The van der Waals surface area contributed by atoms with Gasteiger partial charge in [-0.1, -0.05) is 11.6 Å². The van der Waals surface area contributed by atoms with Crippen LogP contribution in [0.25, 0.3) is 0 Å². The van der Waals surface area contributed by atoms with Gasteiger partial charge in [-0.05, 0) is 24.6 Å². The maximum atomic E-state index is 5.98. The van der Waals surface area contributed by atoms with Crippen molar-refractivity contribution in [1.82, 2.24) is 5.32 Å². The summed E-state index contributed by atoms with van der Waals surface area (Å²) < 4.78 is 5.33. The number of nitrogens with two attached hydrogens (primary N) is 1. The number of rotatable bonds is 5. The van der Waals surface area contributed by atoms with Gasteiger partial charge in [-0.3, -0.25) is 0 Å². The minimum Gasteiger partial charge on any atom is -0.496 e. The van der Waals surface area contributed by atoms with Crippen LogP contribution in [-0.4, -0.2) is 20.2 Å². The third kappa shape index (κ3) is 3.38. The van der Waals surface area contributed by atoms with Crippen molar-refractivity contribution >= 4 is 11.6 Å². The van der Waals surface area contributed by atoms with Crippen molar-refractivity contribution in [3.05, 3.63) is 28.3 Å². The second kappa shape index (κ2) is 5.95. The Morgan fingerprint density at radius 1 is 1.47 bits per heavy atom. The zero-order valence-corrected chi connectivity index (χ0v) is 9.90.